The molecule has 3 rings (SSSR count). The Morgan fingerprint density at radius 1 is 1.30 bits per heavy atom. The number of halogens is 1. The van der Waals surface area contributed by atoms with E-state index in [-0.39, 0.29) is 5.56 Å². The molecule has 0 aliphatic heterocycles. The zero-order valence-electron chi connectivity index (χ0n) is 11.8. The van der Waals surface area contributed by atoms with Crippen LogP contribution in [0.15, 0.2) is 39.4 Å². The standard InChI is InChI=1S/C15H13ClN2O3S2/c16-8-1-3-9(4-2-8)22-11-7-10(12(17)19)13(23-11)18-14(20)15(21)5-6-15/h1-4,7,21H,5-6H2,(H2,17,19)(H,18,20). The summed E-state index contributed by atoms with van der Waals surface area (Å²) >= 11 is 8.53. The minimum Gasteiger partial charge on any atom is -0.380 e. The van der Waals surface area contributed by atoms with Crippen LogP contribution in [0.1, 0.15) is 23.2 Å². The molecule has 5 nitrogen and oxygen atoms in total. The summed E-state index contributed by atoms with van der Waals surface area (Å²) in [5, 5.41) is 13.4. The van der Waals surface area contributed by atoms with Crippen LogP contribution in [-0.2, 0) is 4.79 Å². The van der Waals surface area contributed by atoms with Crippen molar-refractivity contribution in [2.24, 2.45) is 5.73 Å². The fourth-order valence-electron chi connectivity index (χ4n) is 1.88. The lowest BCUT2D eigenvalue weighted by molar-refractivity contribution is -0.125. The van der Waals surface area contributed by atoms with Crippen LogP contribution < -0.4 is 11.1 Å². The molecule has 2 amide bonds. The van der Waals surface area contributed by atoms with E-state index < -0.39 is 17.4 Å². The molecule has 0 spiro atoms. The topological polar surface area (TPSA) is 92.4 Å². The molecule has 0 atom stereocenters. The Labute approximate surface area is 145 Å². The molecule has 1 heterocycles. The van der Waals surface area contributed by atoms with E-state index in [1.165, 1.54) is 23.1 Å². The van der Waals surface area contributed by atoms with Crippen LogP contribution in [0.4, 0.5) is 5.00 Å². The molecule has 1 fully saturated rings. The lowest BCUT2D eigenvalue weighted by Gasteiger charge is -2.08. The molecular weight excluding hydrogens is 356 g/mol. The molecule has 1 aromatic heterocycles. The maximum absolute atomic E-state index is 11.9. The molecule has 4 N–H and O–H groups in total. The van der Waals surface area contributed by atoms with E-state index >= 15 is 0 Å². The Kier molecular flexibility index (Phi) is 4.37. The van der Waals surface area contributed by atoms with E-state index in [4.69, 9.17) is 17.3 Å². The summed E-state index contributed by atoms with van der Waals surface area (Å²) in [6, 6.07) is 8.91. The highest BCUT2D eigenvalue weighted by Gasteiger charge is 2.48. The minimum atomic E-state index is -1.30. The molecule has 2 aromatic rings. The van der Waals surface area contributed by atoms with Gasteiger partial charge in [-0.25, -0.2) is 0 Å². The highest BCUT2D eigenvalue weighted by Crippen LogP contribution is 2.41. The van der Waals surface area contributed by atoms with E-state index in [9.17, 15) is 14.7 Å². The fraction of sp³-hybridized carbons (Fsp3) is 0.200. The fourth-order valence-corrected chi connectivity index (χ4v) is 4.18. The van der Waals surface area contributed by atoms with Crippen molar-refractivity contribution < 1.29 is 14.7 Å². The first-order valence-electron chi connectivity index (χ1n) is 6.78. The van der Waals surface area contributed by atoms with Gasteiger partial charge in [0.1, 0.15) is 10.6 Å². The number of carbonyl (C=O) groups is 2. The first-order chi connectivity index (χ1) is 10.9. The number of anilines is 1. The number of hydrogen-bond donors (Lipinski definition) is 3. The molecule has 0 unspecified atom stereocenters. The van der Waals surface area contributed by atoms with Gasteiger partial charge in [-0.15, -0.1) is 11.3 Å². The lowest BCUT2D eigenvalue weighted by Crippen LogP contribution is -2.29. The third kappa shape index (κ3) is 3.69. The van der Waals surface area contributed by atoms with Gasteiger partial charge in [-0.05, 0) is 43.2 Å². The minimum absolute atomic E-state index is 0.240. The van der Waals surface area contributed by atoms with Crippen molar-refractivity contribution in [3.63, 3.8) is 0 Å². The van der Waals surface area contributed by atoms with E-state index in [0.29, 0.717) is 22.9 Å². The predicted molar refractivity (Wildman–Crippen MR) is 91.2 cm³/mol. The average Bonchev–Trinajstić information content (AvgIpc) is 3.13. The number of thiophene rings is 1. The van der Waals surface area contributed by atoms with Crippen molar-refractivity contribution in [3.05, 3.63) is 40.9 Å². The number of rotatable bonds is 5. The number of nitrogens with two attached hydrogens (primary N) is 1. The van der Waals surface area contributed by atoms with Gasteiger partial charge in [-0.2, -0.15) is 0 Å². The first-order valence-corrected chi connectivity index (χ1v) is 8.79. The predicted octanol–water partition coefficient (Wildman–Crippen LogP) is 3.12. The number of benzene rings is 1. The second kappa shape index (κ2) is 6.16. The number of hydrogen-bond acceptors (Lipinski definition) is 5. The van der Waals surface area contributed by atoms with E-state index in [0.717, 1.165) is 9.10 Å². The molecule has 0 bridgehead atoms. The van der Waals surface area contributed by atoms with Crippen molar-refractivity contribution in [2.45, 2.75) is 27.5 Å². The van der Waals surface area contributed by atoms with Crippen molar-refractivity contribution in [1.29, 1.82) is 0 Å². The van der Waals surface area contributed by atoms with Gasteiger partial charge in [0.2, 0.25) is 0 Å². The number of amides is 2. The Bertz CT molecular complexity index is 770. The Balaban J connectivity index is 1.82. The van der Waals surface area contributed by atoms with Crippen molar-refractivity contribution in [1.82, 2.24) is 0 Å². The van der Waals surface area contributed by atoms with Crippen LogP contribution in [0.5, 0.6) is 0 Å². The zero-order chi connectivity index (χ0) is 16.6. The molecule has 1 aromatic carbocycles. The second-order valence-corrected chi connectivity index (χ2v) is 8.08. The van der Waals surface area contributed by atoms with Crippen molar-refractivity contribution in [3.8, 4) is 0 Å². The van der Waals surface area contributed by atoms with E-state index in [1.807, 2.05) is 12.1 Å². The summed E-state index contributed by atoms with van der Waals surface area (Å²) in [5.74, 6) is -1.12. The van der Waals surface area contributed by atoms with Crippen LogP contribution in [-0.4, -0.2) is 22.5 Å². The molecule has 23 heavy (non-hydrogen) atoms. The normalized spacial score (nSPS) is 15.2. The maximum Gasteiger partial charge on any atom is 0.256 e. The molecule has 1 aliphatic rings. The van der Waals surface area contributed by atoms with Gasteiger partial charge in [-0.1, -0.05) is 23.4 Å². The van der Waals surface area contributed by atoms with Gasteiger partial charge in [-0.3, -0.25) is 9.59 Å². The number of aliphatic hydroxyl groups is 1. The van der Waals surface area contributed by atoms with E-state index in [2.05, 4.69) is 5.32 Å². The second-order valence-electron chi connectivity index (χ2n) is 5.21. The zero-order valence-corrected chi connectivity index (χ0v) is 14.2. The highest BCUT2D eigenvalue weighted by molar-refractivity contribution is 8.01. The molecule has 120 valence electrons. The third-order valence-electron chi connectivity index (χ3n) is 3.38. The quantitative estimate of drug-likeness (QED) is 0.756. The van der Waals surface area contributed by atoms with Gasteiger partial charge in [0.15, 0.2) is 0 Å². The molecular formula is C15H13ClN2O3S2. The largest absolute Gasteiger partial charge is 0.380 e. The van der Waals surface area contributed by atoms with Gasteiger partial charge < -0.3 is 16.2 Å². The molecule has 0 radical (unpaired) electrons. The molecule has 8 heteroatoms. The van der Waals surface area contributed by atoms with Crippen LogP contribution in [0.2, 0.25) is 5.02 Å². The monoisotopic (exact) mass is 368 g/mol. The van der Waals surface area contributed by atoms with Crippen LogP contribution in [0.3, 0.4) is 0 Å². The molecule has 0 saturated heterocycles. The van der Waals surface area contributed by atoms with Crippen LogP contribution >= 0.6 is 34.7 Å². The summed E-state index contributed by atoms with van der Waals surface area (Å²) in [6.45, 7) is 0. The van der Waals surface area contributed by atoms with E-state index in [1.54, 1.807) is 18.2 Å². The summed E-state index contributed by atoms with van der Waals surface area (Å²) in [6.07, 6.45) is 0.866. The van der Waals surface area contributed by atoms with Crippen molar-refractivity contribution >= 4 is 51.5 Å². The van der Waals surface area contributed by atoms with Gasteiger partial charge >= 0.3 is 0 Å². The smallest absolute Gasteiger partial charge is 0.256 e. The maximum atomic E-state index is 11.9. The highest BCUT2D eigenvalue weighted by atomic mass is 35.5. The van der Waals surface area contributed by atoms with Gasteiger partial charge in [0.25, 0.3) is 11.8 Å². The summed E-state index contributed by atoms with van der Waals surface area (Å²) in [7, 11) is 0. The lowest BCUT2D eigenvalue weighted by atomic mass is 10.3. The summed E-state index contributed by atoms with van der Waals surface area (Å²) in [5.41, 5.74) is 4.31. The summed E-state index contributed by atoms with van der Waals surface area (Å²) < 4.78 is 0.805. The Hall–Kier alpha value is -1.54. The SMILES string of the molecule is NC(=O)c1cc(Sc2ccc(Cl)cc2)sc1NC(=O)C1(O)CC1. The Morgan fingerprint density at radius 3 is 2.52 bits per heavy atom. The first kappa shape index (κ1) is 16.3. The Morgan fingerprint density at radius 2 is 1.96 bits per heavy atom. The number of primary amides is 1. The average molecular weight is 369 g/mol. The summed E-state index contributed by atoms with van der Waals surface area (Å²) in [4.78, 5) is 24.5. The van der Waals surface area contributed by atoms with Crippen LogP contribution in [0.25, 0.3) is 0 Å². The van der Waals surface area contributed by atoms with Crippen LogP contribution in [0, 0.1) is 0 Å². The van der Waals surface area contributed by atoms with Crippen molar-refractivity contribution in [2.75, 3.05) is 5.32 Å². The molecule has 1 aliphatic carbocycles. The molecule has 1 saturated carbocycles. The number of nitrogens with one attached hydrogen (secondary N) is 1. The number of carbonyl (C=O) groups excluding carboxylic acids is 2. The van der Waals surface area contributed by atoms with Gasteiger partial charge in [0, 0.05) is 9.92 Å². The van der Waals surface area contributed by atoms with Gasteiger partial charge in [0.05, 0.1) is 9.77 Å². The third-order valence-corrected chi connectivity index (χ3v) is 5.80.